The number of carbonyl (C=O) groups excluding carboxylic acids is 1. The molecule has 1 heterocycles. The van der Waals surface area contributed by atoms with Crippen molar-refractivity contribution >= 4 is 38.3 Å². The minimum atomic E-state index is -0.445. The van der Waals surface area contributed by atoms with Crippen molar-refractivity contribution in [1.82, 2.24) is 4.98 Å². The van der Waals surface area contributed by atoms with E-state index in [1.54, 1.807) is 6.07 Å². The summed E-state index contributed by atoms with van der Waals surface area (Å²) in [4.78, 5) is 26.9. The Bertz CT molecular complexity index is 892. The summed E-state index contributed by atoms with van der Waals surface area (Å²) in [5.74, 6) is -0.0263. The average molecular weight is 341 g/mol. The largest absolute Gasteiger partial charge is 0.302 e. The Labute approximate surface area is 142 Å². The van der Waals surface area contributed by atoms with Crippen LogP contribution in [-0.4, -0.2) is 15.8 Å². The van der Waals surface area contributed by atoms with Crippen molar-refractivity contribution < 1.29 is 9.72 Å². The Kier molecular flexibility index (Phi) is 4.52. The lowest BCUT2D eigenvalue weighted by atomic mass is 9.98. The van der Waals surface area contributed by atoms with Gasteiger partial charge >= 0.3 is 0 Å². The molecule has 0 bridgehead atoms. The number of nitrogens with zero attached hydrogens (tertiary/aromatic N) is 2. The highest BCUT2D eigenvalue weighted by Crippen LogP contribution is 2.29. The average Bonchev–Trinajstić information content (AvgIpc) is 2.96. The van der Waals surface area contributed by atoms with Gasteiger partial charge in [0.25, 0.3) is 5.69 Å². The number of nitrogens with one attached hydrogen (secondary N) is 1. The molecule has 1 N–H and O–H groups in total. The minimum absolute atomic E-state index is 0.0155. The van der Waals surface area contributed by atoms with Crippen LogP contribution in [0.3, 0.4) is 0 Å². The van der Waals surface area contributed by atoms with Gasteiger partial charge in [0.15, 0.2) is 5.13 Å². The topological polar surface area (TPSA) is 85.1 Å². The van der Waals surface area contributed by atoms with Crippen molar-refractivity contribution in [2.75, 3.05) is 5.32 Å². The van der Waals surface area contributed by atoms with Gasteiger partial charge in [-0.2, -0.15) is 0 Å². The van der Waals surface area contributed by atoms with Gasteiger partial charge in [-0.05, 0) is 17.5 Å². The van der Waals surface area contributed by atoms with Crippen LogP contribution in [0.15, 0.2) is 48.5 Å². The molecule has 0 spiro atoms. The monoisotopic (exact) mass is 341 g/mol. The molecular formula is C17H15N3O3S. The minimum Gasteiger partial charge on any atom is -0.302 e. The Morgan fingerprint density at radius 2 is 2.04 bits per heavy atom. The zero-order valence-electron chi connectivity index (χ0n) is 12.9. The van der Waals surface area contributed by atoms with Crippen molar-refractivity contribution in [3.8, 4) is 0 Å². The van der Waals surface area contributed by atoms with Gasteiger partial charge in [0.2, 0.25) is 5.91 Å². The zero-order chi connectivity index (χ0) is 17.1. The van der Waals surface area contributed by atoms with E-state index in [9.17, 15) is 14.9 Å². The summed E-state index contributed by atoms with van der Waals surface area (Å²) in [5.41, 5.74) is 1.76. The first kappa shape index (κ1) is 16.1. The van der Waals surface area contributed by atoms with Gasteiger partial charge in [0, 0.05) is 18.6 Å². The van der Waals surface area contributed by atoms with Crippen LogP contribution < -0.4 is 5.32 Å². The fourth-order valence-electron chi connectivity index (χ4n) is 2.43. The van der Waals surface area contributed by atoms with Crippen LogP contribution in [0.25, 0.3) is 10.2 Å². The van der Waals surface area contributed by atoms with Crippen LogP contribution in [0.4, 0.5) is 10.8 Å². The first-order valence-corrected chi connectivity index (χ1v) is 8.24. The van der Waals surface area contributed by atoms with E-state index in [-0.39, 0.29) is 17.5 Å². The summed E-state index contributed by atoms with van der Waals surface area (Å²) in [6.07, 6.45) is 0.347. The Balaban J connectivity index is 1.70. The Hall–Kier alpha value is -2.80. The standard InChI is InChI=1S/C17H15N3O3S/c1-11(12-5-3-2-4-6-12)9-16(21)19-17-18-14-8-7-13(20(22)23)10-15(14)24-17/h2-8,10-11H,9H2,1H3,(H,18,19,21)/t11-/m1/s1. The van der Waals surface area contributed by atoms with Gasteiger partial charge in [-0.25, -0.2) is 4.98 Å². The maximum absolute atomic E-state index is 12.2. The molecule has 0 aliphatic rings. The SMILES string of the molecule is C[C@H](CC(=O)Nc1nc2ccc([N+](=O)[O-])cc2s1)c1ccccc1. The fraction of sp³-hybridized carbons (Fsp3) is 0.176. The molecule has 1 atom stereocenters. The van der Waals surface area contributed by atoms with Gasteiger partial charge in [0.05, 0.1) is 15.1 Å². The van der Waals surface area contributed by atoms with E-state index >= 15 is 0 Å². The van der Waals surface area contributed by atoms with Gasteiger partial charge in [-0.3, -0.25) is 14.9 Å². The third kappa shape index (κ3) is 3.57. The number of fused-ring (bicyclic) bond motifs is 1. The van der Waals surface area contributed by atoms with Gasteiger partial charge in [0.1, 0.15) is 0 Å². The van der Waals surface area contributed by atoms with Crippen molar-refractivity contribution in [2.24, 2.45) is 0 Å². The van der Waals surface area contributed by atoms with E-state index in [1.165, 1.54) is 23.5 Å². The van der Waals surface area contributed by atoms with Crippen LogP contribution >= 0.6 is 11.3 Å². The molecule has 1 aromatic heterocycles. The third-order valence-electron chi connectivity index (χ3n) is 3.69. The van der Waals surface area contributed by atoms with Crippen LogP contribution in [-0.2, 0) is 4.79 Å². The smallest absolute Gasteiger partial charge is 0.270 e. The number of aromatic nitrogens is 1. The van der Waals surface area contributed by atoms with E-state index in [1.807, 2.05) is 37.3 Å². The van der Waals surface area contributed by atoms with Gasteiger partial charge in [-0.1, -0.05) is 48.6 Å². The molecule has 0 unspecified atom stereocenters. The Morgan fingerprint density at radius 3 is 2.75 bits per heavy atom. The molecule has 0 fully saturated rings. The summed E-state index contributed by atoms with van der Waals surface area (Å²) < 4.78 is 0.676. The summed E-state index contributed by atoms with van der Waals surface area (Å²) >= 11 is 1.23. The number of nitro groups is 1. The zero-order valence-corrected chi connectivity index (χ0v) is 13.7. The molecule has 0 saturated carbocycles. The molecule has 3 aromatic rings. The lowest BCUT2D eigenvalue weighted by molar-refractivity contribution is -0.384. The predicted octanol–water partition coefficient (Wildman–Crippen LogP) is 4.34. The van der Waals surface area contributed by atoms with Crippen LogP contribution in [0, 0.1) is 10.1 Å². The number of rotatable bonds is 5. The summed E-state index contributed by atoms with van der Waals surface area (Å²) in [6.45, 7) is 2.00. The van der Waals surface area contributed by atoms with Crippen LogP contribution in [0.2, 0.25) is 0 Å². The van der Waals surface area contributed by atoms with E-state index in [4.69, 9.17) is 0 Å². The molecule has 0 radical (unpaired) electrons. The molecule has 0 aliphatic heterocycles. The predicted molar refractivity (Wildman–Crippen MR) is 94.4 cm³/mol. The molecule has 6 nitrogen and oxygen atoms in total. The number of benzene rings is 2. The second kappa shape index (κ2) is 6.76. The van der Waals surface area contributed by atoms with E-state index in [2.05, 4.69) is 10.3 Å². The molecule has 122 valence electrons. The number of carbonyl (C=O) groups is 1. The number of thiazole rings is 1. The van der Waals surface area contributed by atoms with Crippen molar-refractivity contribution in [3.63, 3.8) is 0 Å². The first-order chi connectivity index (χ1) is 11.5. The maximum atomic E-state index is 12.2. The number of hydrogen-bond donors (Lipinski definition) is 1. The summed E-state index contributed by atoms with van der Waals surface area (Å²) in [5, 5.41) is 14.0. The fourth-order valence-corrected chi connectivity index (χ4v) is 3.34. The molecule has 7 heteroatoms. The number of non-ortho nitro benzene ring substituents is 1. The highest BCUT2D eigenvalue weighted by molar-refractivity contribution is 7.22. The van der Waals surface area contributed by atoms with Crippen molar-refractivity contribution in [1.29, 1.82) is 0 Å². The third-order valence-corrected chi connectivity index (χ3v) is 4.62. The highest BCUT2D eigenvalue weighted by atomic mass is 32.1. The van der Waals surface area contributed by atoms with Gasteiger partial charge < -0.3 is 5.32 Å². The molecule has 3 rings (SSSR count). The highest BCUT2D eigenvalue weighted by Gasteiger charge is 2.14. The van der Waals surface area contributed by atoms with E-state index in [0.29, 0.717) is 21.8 Å². The normalized spacial score (nSPS) is 12.0. The molecular weight excluding hydrogens is 326 g/mol. The van der Waals surface area contributed by atoms with Crippen molar-refractivity contribution in [2.45, 2.75) is 19.3 Å². The number of hydrogen-bond acceptors (Lipinski definition) is 5. The van der Waals surface area contributed by atoms with Crippen molar-refractivity contribution in [3.05, 3.63) is 64.2 Å². The molecule has 0 aliphatic carbocycles. The first-order valence-electron chi connectivity index (χ1n) is 7.42. The van der Waals surface area contributed by atoms with E-state index in [0.717, 1.165) is 5.56 Å². The maximum Gasteiger partial charge on any atom is 0.270 e. The second-order valence-corrected chi connectivity index (χ2v) is 6.52. The lowest BCUT2D eigenvalue weighted by Gasteiger charge is -2.10. The summed E-state index contributed by atoms with van der Waals surface area (Å²) in [7, 11) is 0. The second-order valence-electron chi connectivity index (χ2n) is 5.49. The Morgan fingerprint density at radius 1 is 1.29 bits per heavy atom. The number of amides is 1. The number of nitro benzene ring substituents is 1. The molecule has 1 amide bonds. The summed E-state index contributed by atoms with van der Waals surface area (Å²) in [6, 6.07) is 14.3. The quantitative estimate of drug-likeness (QED) is 0.552. The molecule has 24 heavy (non-hydrogen) atoms. The van der Waals surface area contributed by atoms with Crippen LogP contribution in [0.1, 0.15) is 24.8 Å². The van der Waals surface area contributed by atoms with Gasteiger partial charge in [-0.15, -0.1) is 0 Å². The lowest BCUT2D eigenvalue weighted by Crippen LogP contribution is -2.14. The van der Waals surface area contributed by atoms with E-state index < -0.39 is 4.92 Å². The van der Waals surface area contributed by atoms with Crippen LogP contribution in [0.5, 0.6) is 0 Å². The molecule has 0 saturated heterocycles. The number of anilines is 1. The molecule has 2 aromatic carbocycles.